The van der Waals surface area contributed by atoms with Gasteiger partial charge in [0.15, 0.2) is 0 Å². The number of nitrogens with zero attached hydrogens (tertiary/aromatic N) is 2. The molecular weight excluding hydrogens is 338 g/mol. The summed E-state index contributed by atoms with van der Waals surface area (Å²) in [4.78, 5) is 14.3. The summed E-state index contributed by atoms with van der Waals surface area (Å²) in [5.74, 6) is 0.754. The van der Waals surface area contributed by atoms with Gasteiger partial charge in [-0.25, -0.2) is 5.43 Å². The second-order valence-corrected chi connectivity index (χ2v) is 6.85. The minimum Gasteiger partial charge on any atom is -0.493 e. The molecule has 138 valence electrons. The number of hydrogen-bond acceptors (Lipinski definition) is 4. The Morgan fingerprint density at radius 2 is 2.12 bits per heavy atom. The Labute approximate surface area is 155 Å². The second-order valence-electron chi connectivity index (χ2n) is 6.42. The lowest BCUT2D eigenvalue weighted by Gasteiger charge is -2.26. The van der Waals surface area contributed by atoms with E-state index in [4.69, 9.17) is 16.3 Å². The van der Waals surface area contributed by atoms with Crippen LogP contribution in [0.1, 0.15) is 44.6 Å². The van der Waals surface area contributed by atoms with Crippen LogP contribution in [0.2, 0.25) is 5.02 Å². The Balaban J connectivity index is 1.62. The molecule has 2 rings (SSSR count). The first-order valence-electron chi connectivity index (χ1n) is 9.04. The third-order valence-electron chi connectivity index (χ3n) is 4.25. The van der Waals surface area contributed by atoms with E-state index in [-0.39, 0.29) is 5.91 Å². The van der Waals surface area contributed by atoms with E-state index >= 15 is 0 Å². The number of halogens is 1. The maximum absolute atomic E-state index is 11.9. The fourth-order valence-electron chi connectivity index (χ4n) is 2.85. The van der Waals surface area contributed by atoms with Gasteiger partial charge in [-0.15, -0.1) is 0 Å². The molecule has 0 aliphatic carbocycles. The third-order valence-corrected chi connectivity index (χ3v) is 4.49. The number of nitrogens with one attached hydrogen (secondary N) is 1. The van der Waals surface area contributed by atoms with Crippen molar-refractivity contribution in [2.45, 2.75) is 46.0 Å². The zero-order valence-electron chi connectivity index (χ0n) is 15.2. The molecule has 5 nitrogen and oxygen atoms in total. The highest BCUT2D eigenvalue weighted by molar-refractivity contribution is 6.30. The highest BCUT2D eigenvalue weighted by atomic mass is 35.5. The van der Waals surface area contributed by atoms with E-state index in [2.05, 4.69) is 22.4 Å². The molecule has 25 heavy (non-hydrogen) atoms. The van der Waals surface area contributed by atoms with Gasteiger partial charge in [0.1, 0.15) is 5.75 Å². The van der Waals surface area contributed by atoms with Crippen LogP contribution in [0.15, 0.2) is 23.3 Å². The Bertz CT molecular complexity index is 594. The lowest BCUT2D eigenvalue weighted by molar-refractivity contribution is -0.121. The van der Waals surface area contributed by atoms with Crippen molar-refractivity contribution in [3.05, 3.63) is 28.8 Å². The number of carbonyl (C=O) groups excluding carboxylic acids is 1. The fourth-order valence-corrected chi connectivity index (χ4v) is 3.08. The van der Waals surface area contributed by atoms with Crippen molar-refractivity contribution < 1.29 is 9.53 Å². The average molecular weight is 366 g/mol. The van der Waals surface area contributed by atoms with Crippen molar-refractivity contribution >= 4 is 23.2 Å². The molecule has 1 aromatic rings. The summed E-state index contributed by atoms with van der Waals surface area (Å²) >= 11 is 5.92. The molecule has 1 fully saturated rings. The first kappa shape index (κ1) is 19.7. The van der Waals surface area contributed by atoms with Crippen molar-refractivity contribution in [3.63, 3.8) is 0 Å². The van der Waals surface area contributed by atoms with Crippen LogP contribution in [-0.4, -0.2) is 42.8 Å². The van der Waals surface area contributed by atoms with Gasteiger partial charge in [-0.2, -0.15) is 5.10 Å². The summed E-state index contributed by atoms with van der Waals surface area (Å²) in [6, 6.07) is 5.53. The SMILES string of the molecule is CCCN1CCC(=NNC(=O)CCCOc2ccc(Cl)cc2C)CC1. The first-order chi connectivity index (χ1) is 12.1. The minimum atomic E-state index is -0.0556. The number of amides is 1. The highest BCUT2D eigenvalue weighted by Crippen LogP contribution is 2.21. The van der Waals surface area contributed by atoms with Crippen LogP contribution in [0.25, 0.3) is 0 Å². The minimum absolute atomic E-state index is 0.0556. The molecule has 0 atom stereocenters. The molecule has 1 aliphatic heterocycles. The summed E-state index contributed by atoms with van der Waals surface area (Å²) < 4.78 is 5.69. The van der Waals surface area contributed by atoms with Gasteiger partial charge < -0.3 is 9.64 Å². The summed E-state index contributed by atoms with van der Waals surface area (Å²) in [5, 5.41) is 4.97. The lowest BCUT2D eigenvalue weighted by atomic mass is 10.1. The Hall–Kier alpha value is -1.59. The van der Waals surface area contributed by atoms with Gasteiger partial charge in [0.2, 0.25) is 5.91 Å². The Morgan fingerprint density at radius 1 is 1.36 bits per heavy atom. The number of benzene rings is 1. The number of aryl methyl sites for hydroxylation is 1. The van der Waals surface area contributed by atoms with Gasteiger partial charge in [-0.3, -0.25) is 4.79 Å². The van der Waals surface area contributed by atoms with E-state index in [1.54, 1.807) is 6.07 Å². The van der Waals surface area contributed by atoms with Gasteiger partial charge in [0.25, 0.3) is 0 Å². The number of carbonyl (C=O) groups is 1. The van der Waals surface area contributed by atoms with E-state index < -0.39 is 0 Å². The van der Waals surface area contributed by atoms with Crippen LogP contribution in [-0.2, 0) is 4.79 Å². The van der Waals surface area contributed by atoms with Gasteiger partial charge >= 0.3 is 0 Å². The van der Waals surface area contributed by atoms with E-state index in [9.17, 15) is 4.79 Å². The summed E-state index contributed by atoms with van der Waals surface area (Å²) in [6.45, 7) is 7.87. The van der Waals surface area contributed by atoms with Gasteiger partial charge in [-0.05, 0) is 50.1 Å². The molecule has 1 amide bonds. The normalized spacial score (nSPS) is 15.1. The molecule has 0 bridgehead atoms. The van der Waals surface area contributed by atoms with Crippen LogP contribution in [0.5, 0.6) is 5.75 Å². The molecule has 1 aliphatic rings. The summed E-state index contributed by atoms with van der Waals surface area (Å²) in [6.07, 6.45) is 4.13. The fraction of sp³-hybridized carbons (Fsp3) is 0.579. The van der Waals surface area contributed by atoms with Crippen molar-refractivity contribution in [2.75, 3.05) is 26.2 Å². The van der Waals surface area contributed by atoms with Crippen molar-refractivity contribution in [1.29, 1.82) is 0 Å². The standard InChI is InChI=1S/C19H28ClN3O2/c1-3-10-23-11-8-17(9-12-23)21-22-19(24)5-4-13-25-18-7-6-16(20)14-15(18)2/h6-7,14H,3-5,8-13H2,1-2H3,(H,22,24). The number of ether oxygens (including phenoxy) is 1. The number of hydrogen-bond donors (Lipinski definition) is 1. The summed E-state index contributed by atoms with van der Waals surface area (Å²) in [7, 11) is 0. The Morgan fingerprint density at radius 3 is 2.80 bits per heavy atom. The zero-order chi connectivity index (χ0) is 18.1. The quantitative estimate of drug-likeness (QED) is 0.563. The first-order valence-corrected chi connectivity index (χ1v) is 9.42. The molecule has 1 heterocycles. The topological polar surface area (TPSA) is 53.9 Å². The molecule has 0 spiro atoms. The monoisotopic (exact) mass is 365 g/mol. The molecule has 0 radical (unpaired) electrons. The highest BCUT2D eigenvalue weighted by Gasteiger charge is 2.14. The third kappa shape index (κ3) is 7.04. The molecule has 1 saturated heterocycles. The molecule has 6 heteroatoms. The number of likely N-dealkylation sites (tertiary alicyclic amines) is 1. The van der Waals surface area contributed by atoms with Crippen LogP contribution in [0.4, 0.5) is 0 Å². The predicted octanol–water partition coefficient (Wildman–Crippen LogP) is 3.79. The lowest BCUT2D eigenvalue weighted by Crippen LogP contribution is -2.35. The molecule has 0 unspecified atom stereocenters. The van der Waals surface area contributed by atoms with Crippen LogP contribution in [0, 0.1) is 6.92 Å². The van der Waals surface area contributed by atoms with E-state index in [1.807, 2.05) is 19.1 Å². The molecule has 0 saturated carbocycles. The maximum atomic E-state index is 11.9. The van der Waals surface area contributed by atoms with Crippen LogP contribution in [0.3, 0.4) is 0 Å². The molecule has 1 N–H and O–H groups in total. The van der Waals surface area contributed by atoms with Gasteiger partial charge in [-0.1, -0.05) is 18.5 Å². The largest absolute Gasteiger partial charge is 0.493 e. The maximum Gasteiger partial charge on any atom is 0.240 e. The smallest absolute Gasteiger partial charge is 0.240 e. The summed E-state index contributed by atoms with van der Waals surface area (Å²) in [5.41, 5.74) is 4.76. The van der Waals surface area contributed by atoms with Gasteiger partial charge in [0, 0.05) is 43.1 Å². The van der Waals surface area contributed by atoms with E-state index in [0.29, 0.717) is 24.5 Å². The zero-order valence-corrected chi connectivity index (χ0v) is 15.9. The van der Waals surface area contributed by atoms with Crippen molar-refractivity contribution in [3.8, 4) is 5.75 Å². The average Bonchev–Trinajstić information content (AvgIpc) is 2.60. The second kappa shape index (κ2) is 10.4. The molecule has 0 aromatic heterocycles. The number of hydrazone groups is 1. The van der Waals surface area contributed by atoms with E-state index in [1.165, 1.54) is 6.42 Å². The number of piperidine rings is 1. The Kier molecular flexibility index (Phi) is 8.22. The predicted molar refractivity (Wildman–Crippen MR) is 102 cm³/mol. The van der Waals surface area contributed by atoms with E-state index in [0.717, 1.165) is 49.5 Å². The van der Waals surface area contributed by atoms with Gasteiger partial charge in [0.05, 0.1) is 6.61 Å². The van der Waals surface area contributed by atoms with Crippen LogP contribution < -0.4 is 10.2 Å². The molecular formula is C19H28ClN3O2. The van der Waals surface area contributed by atoms with Crippen molar-refractivity contribution in [1.82, 2.24) is 10.3 Å². The van der Waals surface area contributed by atoms with Crippen LogP contribution >= 0.6 is 11.6 Å². The number of rotatable bonds is 8. The van der Waals surface area contributed by atoms with Crippen molar-refractivity contribution in [2.24, 2.45) is 5.10 Å². The molecule has 1 aromatic carbocycles.